The molecule has 0 spiro atoms. The van der Waals surface area contributed by atoms with E-state index in [1.807, 2.05) is 0 Å². The molecule has 2 N–H and O–H groups in total. The molecule has 0 saturated carbocycles. The van der Waals surface area contributed by atoms with Crippen LogP contribution >= 0.6 is 11.8 Å². The maximum Gasteiger partial charge on any atom is 0.350 e. The summed E-state index contributed by atoms with van der Waals surface area (Å²) < 4.78 is 46.6. The summed E-state index contributed by atoms with van der Waals surface area (Å²) in [7, 11) is -4.85. The molecule has 15 heavy (non-hydrogen) atoms. The van der Waals surface area contributed by atoms with Crippen molar-refractivity contribution >= 4 is 27.8 Å². The number of rotatable bonds is 7. The predicted octanol–water partition coefficient (Wildman–Crippen LogP) is 0.335. The van der Waals surface area contributed by atoms with Crippen molar-refractivity contribution < 1.29 is 27.1 Å². The van der Waals surface area contributed by atoms with Crippen LogP contribution in [0.5, 0.6) is 0 Å². The van der Waals surface area contributed by atoms with E-state index < -0.39 is 27.8 Å². The lowest BCUT2D eigenvalue weighted by molar-refractivity contribution is -0.139. The first-order valence-corrected chi connectivity index (χ1v) is 6.76. The molecule has 0 radical (unpaired) electrons. The van der Waals surface area contributed by atoms with E-state index in [0.717, 1.165) is 0 Å². The van der Waals surface area contributed by atoms with Crippen LogP contribution in [-0.2, 0) is 14.8 Å². The van der Waals surface area contributed by atoms with Crippen LogP contribution < -0.4 is 4.72 Å². The second-order valence-corrected chi connectivity index (χ2v) is 5.26. The molecule has 0 aliphatic carbocycles. The smallest absolute Gasteiger partial charge is 0.350 e. The van der Waals surface area contributed by atoms with Crippen LogP contribution in [0.3, 0.4) is 0 Å². The van der Waals surface area contributed by atoms with Crippen molar-refractivity contribution in [2.24, 2.45) is 0 Å². The van der Waals surface area contributed by atoms with Gasteiger partial charge >= 0.3 is 11.7 Å². The third-order valence-corrected chi connectivity index (χ3v) is 3.18. The molecule has 0 fully saturated rings. The number of nitrogens with one attached hydrogen (secondary N) is 1. The van der Waals surface area contributed by atoms with E-state index in [-0.39, 0.29) is 6.42 Å². The largest absolute Gasteiger partial charge is 0.480 e. The standard InChI is InChI=1S/C6H11F2NO4S2/c1-14-3-2-4(5(10)11)9-15(12,13)6(7)8/h4,6,9H,2-3H2,1H3,(H,10,11)/t4-/m0/s1. The Kier molecular flexibility index (Phi) is 6.06. The molecule has 0 aromatic carbocycles. The first kappa shape index (κ1) is 14.6. The van der Waals surface area contributed by atoms with E-state index in [1.165, 1.54) is 16.5 Å². The number of aliphatic carboxylic acids is 1. The quantitative estimate of drug-likeness (QED) is 0.692. The number of hydrogen-bond acceptors (Lipinski definition) is 4. The van der Waals surface area contributed by atoms with Crippen LogP contribution in [0.15, 0.2) is 0 Å². The second-order valence-electron chi connectivity index (χ2n) is 2.60. The van der Waals surface area contributed by atoms with Crippen LogP contribution in [0.2, 0.25) is 0 Å². The van der Waals surface area contributed by atoms with E-state index in [2.05, 4.69) is 0 Å². The van der Waals surface area contributed by atoms with Gasteiger partial charge in [-0.15, -0.1) is 0 Å². The number of carbonyl (C=O) groups is 1. The molecular weight excluding hydrogens is 252 g/mol. The number of hydrogen-bond donors (Lipinski definition) is 2. The minimum atomic E-state index is -4.85. The number of alkyl halides is 2. The zero-order chi connectivity index (χ0) is 12.1. The molecule has 0 saturated heterocycles. The minimum Gasteiger partial charge on any atom is -0.480 e. The predicted molar refractivity (Wildman–Crippen MR) is 52.5 cm³/mol. The van der Waals surface area contributed by atoms with E-state index in [4.69, 9.17) is 5.11 Å². The number of sulfonamides is 1. The van der Waals surface area contributed by atoms with Gasteiger partial charge in [0.25, 0.3) is 10.0 Å². The van der Waals surface area contributed by atoms with Crippen molar-refractivity contribution in [3.63, 3.8) is 0 Å². The van der Waals surface area contributed by atoms with Crippen molar-refractivity contribution in [3.05, 3.63) is 0 Å². The fourth-order valence-corrected chi connectivity index (χ4v) is 1.91. The summed E-state index contributed by atoms with van der Waals surface area (Å²) in [5.41, 5.74) is 0. The highest BCUT2D eigenvalue weighted by atomic mass is 32.2. The summed E-state index contributed by atoms with van der Waals surface area (Å²) in [4.78, 5) is 10.5. The Morgan fingerprint density at radius 2 is 2.07 bits per heavy atom. The second kappa shape index (κ2) is 6.23. The molecule has 0 rings (SSSR count). The molecule has 0 bridgehead atoms. The van der Waals surface area contributed by atoms with Gasteiger partial charge in [0.2, 0.25) is 0 Å². The van der Waals surface area contributed by atoms with Crippen molar-refractivity contribution in [1.82, 2.24) is 4.72 Å². The first-order chi connectivity index (χ1) is 6.81. The number of thioether (sulfide) groups is 1. The van der Waals surface area contributed by atoms with Crippen molar-refractivity contribution in [2.75, 3.05) is 12.0 Å². The minimum absolute atomic E-state index is 0.0392. The van der Waals surface area contributed by atoms with Crippen LogP contribution in [-0.4, -0.2) is 43.3 Å². The Balaban J connectivity index is 4.48. The van der Waals surface area contributed by atoms with Crippen LogP contribution in [0.25, 0.3) is 0 Å². The summed E-state index contributed by atoms with van der Waals surface area (Å²) in [6, 6.07) is -1.50. The van der Waals surface area contributed by atoms with Crippen molar-refractivity contribution in [3.8, 4) is 0 Å². The molecule has 5 nitrogen and oxygen atoms in total. The van der Waals surface area contributed by atoms with Crippen LogP contribution in [0.1, 0.15) is 6.42 Å². The van der Waals surface area contributed by atoms with Gasteiger partial charge in [0.1, 0.15) is 6.04 Å². The molecule has 0 heterocycles. The summed E-state index contributed by atoms with van der Waals surface area (Å²) in [6.07, 6.45) is 1.66. The SMILES string of the molecule is CSCC[C@H](NS(=O)(=O)C(F)F)C(=O)O. The topological polar surface area (TPSA) is 83.5 Å². The lowest BCUT2D eigenvalue weighted by atomic mass is 10.2. The Labute approximate surface area is 90.3 Å². The summed E-state index contributed by atoms with van der Waals surface area (Å²) in [5, 5.41) is 8.56. The van der Waals surface area contributed by atoms with E-state index >= 15 is 0 Å². The summed E-state index contributed by atoms with van der Waals surface area (Å²) >= 11 is 1.30. The monoisotopic (exact) mass is 263 g/mol. The molecule has 0 amide bonds. The normalized spacial score (nSPS) is 14.1. The molecule has 90 valence electrons. The van der Waals surface area contributed by atoms with Gasteiger partial charge in [-0.3, -0.25) is 4.79 Å². The van der Waals surface area contributed by atoms with Gasteiger partial charge < -0.3 is 5.11 Å². The van der Waals surface area contributed by atoms with Gasteiger partial charge in [-0.25, -0.2) is 8.42 Å². The molecule has 0 aromatic rings. The van der Waals surface area contributed by atoms with Gasteiger partial charge in [-0.1, -0.05) is 0 Å². The number of carboxylic acid groups (broad SMARTS) is 1. The van der Waals surface area contributed by atoms with Crippen LogP contribution in [0, 0.1) is 0 Å². The zero-order valence-electron chi connectivity index (χ0n) is 7.81. The fraction of sp³-hybridized carbons (Fsp3) is 0.833. The van der Waals surface area contributed by atoms with Crippen molar-refractivity contribution in [2.45, 2.75) is 18.2 Å². The average molecular weight is 263 g/mol. The number of halogens is 2. The maximum atomic E-state index is 11.9. The zero-order valence-corrected chi connectivity index (χ0v) is 9.45. The molecule has 0 aliphatic heterocycles. The number of carboxylic acids is 1. The highest BCUT2D eigenvalue weighted by Gasteiger charge is 2.30. The Bertz CT molecular complexity index is 306. The lowest BCUT2D eigenvalue weighted by Crippen LogP contribution is -2.43. The highest BCUT2D eigenvalue weighted by Crippen LogP contribution is 2.07. The van der Waals surface area contributed by atoms with E-state index in [9.17, 15) is 22.0 Å². The van der Waals surface area contributed by atoms with Gasteiger partial charge in [0.05, 0.1) is 0 Å². The third kappa shape index (κ3) is 5.28. The van der Waals surface area contributed by atoms with Crippen LogP contribution in [0.4, 0.5) is 8.78 Å². The summed E-state index contributed by atoms with van der Waals surface area (Å²) in [6.45, 7) is 0. The Hall–Kier alpha value is -0.410. The highest BCUT2D eigenvalue weighted by molar-refractivity contribution is 7.98. The lowest BCUT2D eigenvalue weighted by Gasteiger charge is -2.13. The van der Waals surface area contributed by atoms with Gasteiger partial charge in [0.15, 0.2) is 0 Å². The van der Waals surface area contributed by atoms with E-state index in [1.54, 1.807) is 6.26 Å². The average Bonchev–Trinajstić information content (AvgIpc) is 2.11. The van der Waals surface area contributed by atoms with Crippen molar-refractivity contribution in [1.29, 1.82) is 0 Å². The molecule has 0 unspecified atom stereocenters. The maximum absolute atomic E-state index is 11.9. The fourth-order valence-electron chi connectivity index (χ4n) is 0.718. The molecule has 1 atom stereocenters. The Morgan fingerprint density at radius 3 is 2.40 bits per heavy atom. The molecule has 9 heteroatoms. The summed E-state index contributed by atoms with van der Waals surface area (Å²) in [5.74, 6) is -4.72. The van der Waals surface area contributed by atoms with Gasteiger partial charge in [-0.2, -0.15) is 25.3 Å². The van der Waals surface area contributed by atoms with E-state index in [0.29, 0.717) is 5.75 Å². The van der Waals surface area contributed by atoms with Gasteiger partial charge in [0, 0.05) is 0 Å². The molecular formula is C6H11F2NO4S2. The third-order valence-electron chi connectivity index (χ3n) is 1.45. The van der Waals surface area contributed by atoms with Gasteiger partial charge in [-0.05, 0) is 18.4 Å². The molecule has 0 aromatic heterocycles. The Morgan fingerprint density at radius 1 is 1.53 bits per heavy atom. The molecule has 0 aliphatic rings. The first-order valence-electron chi connectivity index (χ1n) is 3.82.